The number of carboxylic acid groups (broad SMARTS) is 1. The number of carboxylic acids is 1. The van der Waals surface area contributed by atoms with Crippen LogP contribution in [-0.2, 0) is 4.79 Å². The molecule has 18 heavy (non-hydrogen) atoms. The summed E-state index contributed by atoms with van der Waals surface area (Å²) in [5.41, 5.74) is -0.0485. The van der Waals surface area contributed by atoms with E-state index >= 15 is 0 Å². The summed E-state index contributed by atoms with van der Waals surface area (Å²) in [5, 5.41) is 12.9. The molecule has 1 rings (SSSR count). The predicted molar refractivity (Wildman–Crippen MR) is 70.9 cm³/mol. The van der Waals surface area contributed by atoms with Crippen LogP contribution in [0.2, 0.25) is 0 Å². The second-order valence-electron chi connectivity index (χ2n) is 4.42. The third-order valence-electron chi connectivity index (χ3n) is 2.66. The molecular weight excluding hydrogens is 252 g/mol. The summed E-state index contributed by atoms with van der Waals surface area (Å²) in [7, 11) is 0. The van der Waals surface area contributed by atoms with Gasteiger partial charge in [0.2, 0.25) is 0 Å². The summed E-state index contributed by atoms with van der Waals surface area (Å²) in [6, 6.07) is 0. The molecule has 0 aliphatic heterocycles. The minimum absolute atomic E-state index is 0.522. The van der Waals surface area contributed by atoms with Crippen LogP contribution in [0.4, 0.5) is 0 Å². The molecule has 0 saturated carbocycles. The molecular formula is C12H20N2O3S. The van der Waals surface area contributed by atoms with Crippen molar-refractivity contribution < 1.29 is 14.3 Å². The summed E-state index contributed by atoms with van der Waals surface area (Å²) >= 11 is 1.44. The minimum Gasteiger partial charge on any atom is -0.480 e. The smallest absolute Gasteiger partial charge is 0.323 e. The standard InChI is InChI=1S/C12H20N2O3S/c1-4-6-13-12(3,10(15)16)5-7-18-11-14-9(2)8-17-11/h8,13H,4-7H2,1-3H3,(H,15,16). The molecule has 0 bridgehead atoms. The zero-order chi connectivity index (χ0) is 13.6. The van der Waals surface area contributed by atoms with Gasteiger partial charge in [-0.1, -0.05) is 18.7 Å². The van der Waals surface area contributed by atoms with Crippen molar-refractivity contribution in [2.24, 2.45) is 0 Å². The summed E-state index contributed by atoms with van der Waals surface area (Å²) in [6.45, 7) is 6.29. The van der Waals surface area contributed by atoms with E-state index in [1.165, 1.54) is 11.8 Å². The maximum Gasteiger partial charge on any atom is 0.323 e. The number of aliphatic carboxylic acids is 1. The van der Waals surface area contributed by atoms with Gasteiger partial charge >= 0.3 is 5.97 Å². The fraction of sp³-hybridized carbons (Fsp3) is 0.667. The molecule has 0 aliphatic carbocycles. The van der Waals surface area contributed by atoms with Crippen molar-refractivity contribution in [1.29, 1.82) is 0 Å². The first-order valence-electron chi connectivity index (χ1n) is 6.01. The molecule has 0 amide bonds. The second-order valence-corrected chi connectivity index (χ2v) is 5.46. The van der Waals surface area contributed by atoms with Crippen LogP contribution in [0.15, 0.2) is 15.9 Å². The van der Waals surface area contributed by atoms with Crippen molar-refractivity contribution in [3.63, 3.8) is 0 Å². The predicted octanol–water partition coefficient (Wildman–Crippen LogP) is 2.31. The van der Waals surface area contributed by atoms with Crippen molar-refractivity contribution >= 4 is 17.7 Å². The Morgan fingerprint density at radius 1 is 1.67 bits per heavy atom. The number of hydrogen-bond donors (Lipinski definition) is 2. The Morgan fingerprint density at radius 2 is 2.39 bits per heavy atom. The number of carbonyl (C=O) groups is 1. The minimum atomic E-state index is -0.884. The van der Waals surface area contributed by atoms with E-state index in [-0.39, 0.29) is 0 Å². The molecule has 1 aromatic rings. The first kappa shape index (κ1) is 15.0. The highest BCUT2D eigenvalue weighted by molar-refractivity contribution is 7.99. The van der Waals surface area contributed by atoms with Crippen molar-refractivity contribution in [1.82, 2.24) is 10.3 Å². The lowest BCUT2D eigenvalue weighted by Crippen LogP contribution is -2.50. The number of aromatic nitrogens is 1. The Bertz CT molecular complexity index is 394. The average Bonchev–Trinajstić information content (AvgIpc) is 2.72. The molecule has 0 aromatic carbocycles. The summed E-state index contributed by atoms with van der Waals surface area (Å²) < 4.78 is 5.20. The number of nitrogens with zero attached hydrogens (tertiary/aromatic N) is 1. The molecule has 0 saturated heterocycles. The van der Waals surface area contributed by atoms with E-state index in [0.717, 1.165) is 12.1 Å². The maximum atomic E-state index is 11.3. The third kappa shape index (κ3) is 4.34. The van der Waals surface area contributed by atoms with E-state index in [1.807, 2.05) is 13.8 Å². The second kappa shape index (κ2) is 6.80. The lowest BCUT2D eigenvalue weighted by molar-refractivity contribution is -0.144. The first-order chi connectivity index (χ1) is 8.48. The van der Waals surface area contributed by atoms with Gasteiger partial charge in [0.25, 0.3) is 5.22 Å². The zero-order valence-electron chi connectivity index (χ0n) is 11.0. The number of aryl methyl sites for hydroxylation is 1. The molecule has 0 spiro atoms. The number of nitrogens with one attached hydrogen (secondary N) is 1. The molecule has 0 fully saturated rings. The van der Waals surface area contributed by atoms with Gasteiger partial charge in [-0.3, -0.25) is 4.79 Å². The van der Waals surface area contributed by atoms with Gasteiger partial charge in [-0.05, 0) is 33.2 Å². The number of rotatable bonds is 8. The molecule has 2 N–H and O–H groups in total. The topological polar surface area (TPSA) is 75.4 Å². The van der Waals surface area contributed by atoms with Gasteiger partial charge in [-0.25, -0.2) is 4.98 Å². The van der Waals surface area contributed by atoms with Crippen LogP contribution in [0, 0.1) is 6.92 Å². The van der Waals surface area contributed by atoms with Crippen molar-refractivity contribution in [2.45, 2.75) is 44.4 Å². The quantitative estimate of drug-likeness (QED) is 0.707. The normalized spacial score (nSPS) is 14.4. The SMILES string of the molecule is CCCNC(C)(CCSc1nc(C)co1)C(=O)O. The number of thioether (sulfide) groups is 1. The largest absolute Gasteiger partial charge is 0.480 e. The molecule has 1 heterocycles. The Kier molecular flexibility index (Phi) is 5.68. The zero-order valence-corrected chi connectivity index (χ0v) is 11.8. The highest BCUT2D eigenvalue weighted by Gasteiger charge is 2.31. The van der Waals surface area contributed by atoms with E-state index in [2.05, 4.69) is 10.3 Å². The van der Waals surface area contributed by atoms with E-state index in [4.69, 9.17) is 4.42 Å². The van der Waals surface area contributed by atoms with Gasteiger partial charge in [0.15, 0.2) is 0 Å². The third-order valence-corrected chi connectivity index (χ3v) is 3.51. The molecule has 0 radical (unpaired) electrons. The Balaban J connectivity index is 2.44. The molecule has 5 nitrogen and oxygen atoms in total. The lowest BCUT2D eigenvalue weighted by Gasteiger charge is -2.25. The number of hydrogen-bond acceptors (Lipinski definition) is 5. The first-order valence-corrected chi connectivity index (χ1v) is 7.00. The van der Waals surface area contributed by atoms with Crippen molar-refractivity contribution in [3.8, 4) is 0 Å². The highest BCUT2D eigenvalue weighted by Crippen LogP contribution is 2.21. The maximum absolute atomic E-state index is 11.3. The van der Waals surface area contributed by atoms with Crippen molar-refractivity contribution in [2.75, 3.05) is 12.3 Å². The fourth-order valence-corrected chi connectivity index (χ4v) is 2.42. The van der Waals surface area contributed by atoms with Crippen LogP contribution in [0.1, 0.15) is 32.4 Å². The lowest BCUT2D eigenvalue weighted by atomic mass is 9.99. The van der Waals surface area contributed by atoms with Gasteiger partial charge in [0, 0.05) is 5.75 Å². The van der Waals surface area contributed by atoms with Gasteiger partial charge in [0.05, 0.1) is 5.69 Å². The fourth-order valence-electron chi connectivity index (χ4n) is 1.41. The van der Waals surface area contributed by atoms with E-state index in [0.29, 0.717) is 23.9 Å². The van der Waals surface area contributed by atoms with E-state index in [9.17, 15) is 9.90 Å². The van der Waals surface area contributed by atoms with Gasteiger partial charge in [0.1, 0.15) is 11.8 Å². The summed E-state index contributed by atoms with van der Waals surface area (Å²) in [6.07, 6.45) is 3.03. The summed E-state index contributed by atoms with van der Waals surface area (Å²) in [5.74, 6) is -0.167. The Morgan fingerprint density at radius 3 is 2.89 bits per heavy atom. The molecule has 1 unspecified atom stereocenters. The van der Waals surface area contributed by atoms with E-state index < -0.39 is 11.5 Å². The molecule has 102 valence electrons. The van der Waals surface area contributed by atoms with Crippen LogP contribution in [0.3, 0.4) is 0 Å². The molecule has 6 heteroatoms. The van der Waals surface area contributed by atoms with Crippen LogP contribution < -0.4 is 5.32 Å². The van der Waals surface area contributed by atoms with Gasteiger partial charge < -0.3 is 14.8 Å². The Labute approximate surface area is 111 Å². The molecule has 1 atom stereocenters. The summed E-state index contributed by atoms with van der Waals surface area (Å²) in [4.78, 5) is 15.4. The van der Waals surface area contributed by atoms with E-state index in [1.54, 1.807) is 13.2 Å². The molecule has 1 aromatic heterocycles. The van der Waals surface area contributed by atoms with Gasteiger partial charge in [-0.15, -0.1) is 0 Å². The van der Waals surface area contributed by atoms with Crippen LogP contribution in [0.5, 0.6) is 0 Å². The van der Waals surface area contributed by atoms with Crippen LogP contribution in [0.25, 0.3) is 0 Å². The van der Waals surface area contributed by atoms with Crippen molar-refractivity contribution in [3.05, 3.63) is 12.0 Å². The highest BCUT2D eigenvalue weighted by atomic mass is 32.2. The molecule has 0 aliphatic rings. The van der Waals surface area contributed by atoms with Crippen LogP contribution in [-0.4, -0.2) is 33.9 Å². The van der Waals surface area contributed by atoms with Gasteiger partial charge in [-0.2, -0.15) is 0 Å². The Hall–Kier alpha value is -1.01. The monoisotopic (exact) mass is 272 g/mol. The average molecular weight is 272 g/mol. The number of oxazole rings is 1. The van der Waals surface area contributed by atoms with Crippen LogP contribution >= 0.6 is 11.8 Å².